The number of halogens is 2. The molecule has 0 fully saturated rings. The van der Waals surface area contributed by atoms with Crippen molar-refractivity contribution in [1.82, 2.24) is 0 Å². The second-order valence-corrected chi connectivity index (χ2v) is 2.51. The molecule has 1 atom stereocenters. The van der Waals surface area contributed by atoms with E-state index in [4.69, 9.17) is 0 Å². The van der Waals surface area contributed by atoms with Gasteiger partial charge in [0.1, 0.15) is 0 Å². The van der Waals surface area contributed by atoms with Crippen molar-refractivity contribution in [2.24, 2.45) is 0 Å². The van der Waals surface area contributed by atoms with E-state index in [1.54, 1.807) is 0 Å². The Bertz CT molecular complexity index is 25.1. The van der Waals surface area contributed by atoms with Gasteiger partial charge in [-0.3, -0.25) is 0 Å². The molecule has 0 N–H and O–H groups in total. The monoisotopic (exact) mass is 113 g/mol. The predicted octanol–water partition coefficient (Wildman–Crippen LogP) is 2.07. The van der Waals surface area contributed by atoms with Crippen LogP contribution in [0, 0.1) is 0 Å². The molecule has 3 heteroatoms. The largest absolute Gasteiger partial charge is 0.236 e. The van der Waals surface area contributed by atoms with Gasteiger partial charge in [-0.15, -0.1) is 0 Å². The molecule has 0 spiro atoms. The van der Waals surface area contributed by atoms with Crippen LogP contribution < -0.4 is 0 Å². The maximum absolute atomic E-state index is 11.3. The third kappa shape index (κ3) is 92.9. The minimum absolute atomic E-state index is 1.10. The molecule has 0 rings (SSSR count). The third-order valence-electron chi connectivity index (χ3n) is 0. The summed E-state index contributed by atoms with van der Waals surface area (Å²) in [6.45, 7) is 1.10. The predicted molar refractivity (Wildman–Crippen MR) is 23.0 cm³/mol. The van der Waals surface area contributed by atoms with Gasteiger partial charge in [-0.25, -0.2) is 4.39 Å². The number of rotatable bonds is 0. The lowest BCUT2D eigenvalue weighted by atomic mass is 10.9. The van der Waals surface area contributed by atoms with Crippen molar-refractivity contribution in [3.8, 4) is 0 Å². The van der Waals surface area contributed by atoms with Gasteiger partial charge in [-0.1, -0.05) is 11.6 Å². The molecule has 0 aromatic carbocycles. The number of alkyl halides is 2. The van der Waals surface area contributed by atoms with Crippen LogP contribution in [-0.4, -0.2) is 4.46 Å². The van der Waals surface area contributed by atoms with E-state index in [1.807, 2.05) is 0 Å². The summed E-state index contributed by atoms with van der Waals surface area (Å²) in [6.07, 6.45) is 0. The van der Waals surface area contributed by atoms with Gasteiger partial charge in [-0.05, 0) is 19.6 Å². The summed E-state index contributed by atoms with van der Waals surface area (Å²) in [5, 5.41) is 0. The van der Waals surface area contributed by atoms with Gasteiger partial charge in [0.25, 0.3) is 0 Å². The van der Waals surface area contributed by atoms with Gasteiger partial charge in [0.2, 0.25) is 4.46 Å². The topological polar surface area (TPSA) is 0 Å². The molecule has 0 aliphatic heterocycles. The van der Waals surface area contributed by atoms with E-state index < -0.39 is 4.46 Å². The first-order chi connectivity index (χ1) is 2.00. The quantitative estimate of drug-likeness (QED) is 0.422. The van der Waals surface area contributed by atoms with Crippen LogP contribution >= 0.6 is 24.2 Å². The van der Waals surface area contributed by atoms with E-state index in [0.717, 1.165) is 6.92 Å². The molecule has 0 saturated heterocycles. The minimum atomic E-state index is -1.94. The Morgan fingerprint density at radius 1 is 2.00 bits per heavy atom. The normalized spacial score (nSPS) is 21.6. The maximum Gasteiger partial charge on any atom is 0.236 e. The molecule has 1 radical (unpaired) electrons. The van der Waals surface area contributed by atoms with Gasteiger partial charge >= 0.3 is 0 Å². The highest BCUT2D eigenvalue weighted by atomic mass is 35.5. The van der Waals surface area contributed by atoms with Crippen molar-refractivity contribution in [1.29, 1.82) is 0 Å². The van der Waals surface area contributed by atoms with Crippen molar-refractivity contribution in [2.45, 2.75) is 11.4 Å². The SMILES string of the molecule is CC(F)([S])Cl. The lowest BCUT2D eigenvalue weighted by Gasteiger charge is -1.93. The van der Waals surface area contributed by atoms with Gasteiger partial charge in [0.15, 0.2) is 0 Å². The zero-order valence-corrected chi connectivity index (χ0v) is 4.24. The Morgan fingerprint density at radius 2 is 2.00 bits per heavy atom. The van der Waals surface area contributed by atoms with E-state index >= 15 is 0 Å². The Kier molecular flexibility index (Phi) is 1.50. The fraction of sp³-hybridized carbons (Fsp3) is 1.00. The molecule has 31 valence electrons. The Labute approximate surface area is 40.7 Å². The van der Waals surface area contributed by atoms with E-state index in [-0.39, 0.29) is 0 Å². The van der Waals surface area contributed by atoms with Crippen molar-refractivity contribution in [2.75, 3.05) is 0 Å². The first-order valence-corrected chi connectivity index (χ1v) is 1.87. The van der Waals surface area contributed by atoms with Crippen molar-refractivity contribution in [3.05, 3.63) is 0 Å². The van der Waals surface area contributed by atoms with Crippen molar-refractivity contribution < 1.29 is 4.39 Å². The Balaban J connectivity index is 3.02. The summed E-state index contributed by atoms with van der Waals surface area (Å²) >= 11 is 8.60. The smallest absolute Gasteiger partial charge is 0.213 e. The first-order valence-electron chi connectivity index (χ1n) is 1.08. The summed E-state index contributed by atoms with van der Waals surface area (Å²) < 4.78 is 9.32. The van der Waals surface area contributed by atoms with Crippen LogP contribution in [-0.2, 0) is 0 Å². The highest BCUT2D eigenvalue weighted by Crippen LogP contribution is 2.18. The molecular formula is C2H3ClFS. The third-order valence-corrected chi connectivity index (χ3v) is 0. The van der Waals surface area contributed by atoms with E-state index in [1.165, 1.54) is 0 Å². The van der Waals surface area contributed by atoms with E-state index in [9.17, 15) is 4.39 Å². The van der Waals surface area contributed by atoms with Crippen LogP contribution in [0.15, 0.2) is 0 Å². The molecule has 0 heterocycles. The van der Waals surface area contributed by atoms with E-state index in [0.29, 0.717) is 0 Å². The molecule has 0 amide bonds. The van der Waals surface area contributed by atoms with Crippen molar-refractivity contribution >= 4 is 24.2 Å². The lowest BCUT2D eigenvalue weighted by molar-refractivity contribution is 0.436. The average molecular weight is 114 g/mol. The van der Waals surface area contributed by atoms with Crippen LogP contribution in [0.3, 0.4) is 0 Å². The van der Waals surface area contributed by atoms with Crippen LogP contribution in [0.2, 0.25) is 0 Å². The summed E-state index contributed by atoms with van der Waals surface area (Å²) in [5.74, 6) is 0. The average Bonchev–Trinajstić information content (AvgIpc) is 0.722. The Hall–Kier alpha value is 0.570. The van der Waals surface area contributed by atoms with Gasteiger partial charge in [0, 0.05) is 0 Å². The zero-order valence-electron chi connectivity index (χ0n) is 2.66. The van der Waals surface area contributed by atoms with Crippen molar-refractivity contribution in [3.63, 3.8) is 0 Å². The van der Waals surface area contributed by atoms with Crippen LogP contribution in [0.4, 0.5) is 4.39 Å². The number of hydrogen-bond acceptors (Lipinski definition) is 0. The fourth-order valence-corrected chi connectivity index (χ4v) is 0. The second-order valence-electron chi connectivity index (χ2n) is 0.808. The molecule has 0 aromatic heterocycles. The first kappa shape index (κ1) is 5.57. The number of hydrogen-bond donors (Lipinski definition) is 0. The molecule has 0 nitrogen and oxygen atoms in total. The maximum atomic E-state index is 11.3. The molecule has 0 saturated carbocycles. The molecule has 0 aliphatic carbocycles. The fourth-order valence-electron chi connectivity index (χ4n) is 0. The summed E-state index contributed by atoms with van der Waals surface area (Å²) in [4.78, 5) is 0. The molecule has 1 unspecified atom stereocenters. The molecular weight excluding hydrogens is 111 g/mol. The minimum Gasteiger partial charge on any atom is -0.213 e. The second kappa shape index (κ2) is 1.35. The van der Waals surface area contributed by atoms with Crippen LogP contribution in [0.5, 0.6) is 0 Å². The van der Waals surface area contributed by atoms with E-state index in [2.05, 4.69) is 24.2 Å². The Morgan fingerprint density at radius 3 is 2.00 bits per heavy atom. The summed E-state index contributed by atoms with van der Waals surface area (Å²) in [6, 6.07) is 0. The lowest BCUT2D eigenvalue weighted by Crippen LogP contribution is -1.90. The molecule has 5 heavy (non-hydrogen) atoms. The van der Waals surface area contributed by atoms with Gasteiger partial charge in [-0.2, -0.15) is 0 Å². The van der Waals surface area contributed by atoms with Gasteiger partial charge in [0.05, 0.1) is 0 Å². The van der Waals surface area contributed by atoms with Crippen LogP contribution in [0.25, 0.3) is 0 Å². The molecule has 0 aliphatic rings. The van der Waals surface area contributed by atoms with Crippen LogP contribution in [0.1, 0.15) is 6.92 Å². The summed E-state index contributed by atoms with van der Waals surface area (Å²) in [7, 11) is 0. The molecule has 0 bridgehead atoms. The summed E-state index contributed by atoms with van der Waals surface area (Å²) in [5.41, 5.74) is 0. The highest BCUT2D eigenvalue weighted by Gasteiger charge is 2.09. The van der Waals surface area contributed by atoms with Gasteiger partial charge < -0.3 is 0 Å². The standard InChI is InChI=1S/C2H3ClFS/c1-2(3,4)5/h1H3. The highest BCUT2D eigenvalue weighted by molar-refractivity contribution is 7.83. The molecule has 0 aromatic rings. The zero-order chi connectivity index (χ0) is 4.50.